The fraction of sp³-hybridized carbons (Fsp3) is 0.538. The normalized spacial score (nSPS) is 12.7. The van der Waals surface area contributed by atoms with Crippen molar-refractivity contribution in [3.63, 3.8) is 0 Å². The van der Waals surface area contributed by atoms with Crippen LogP contribution in [-0.4, -0.2) is 19.7 Å². The largest absolute Gasteiger partial charge is 0.372 e. The van der Waals surface area contributed by atoms with Crippen molar-refractivity contribution in [1.82, 2.24) is 5.32 Å². The summed E-state index contributed by atoms with van der Waals surface area (Å²) in [6.45, 7) is 6.54. The van der Waals surface area contributed by atoms with E-state index in [0.717, 1.165) is 31.7 Å². The summed E-state index contributed by atoms with van der Waals surface area (Å²) in [5.41, 5.74) is 1.02. The minimum absolute atomic E-state index is 0.0144. The Hall–Kier alpha value is -0.930. The van der Waals surface area contributed by atoms with Gasteiger partial charge < -0.3 is 10.1 Å². The van der Waals surface area contributed by atoms with Crippen molar-refractivity contribution in [2.45, 2.75) is 26.4 Å². The zero-order chi connectivity index (χ0) is 11.8. The van der Waals surface area contributed by atoms with E-state index in [1.54, 1.807) is 12.1 Å². The van der Waals surface area contributed by atoms with Gasteiger partial charge in [0.05, 0.1) is 6.10 Å². The van der Waals surface area contributed by atoms with Crippen molar-refractivity contribution in [2.24, 2.45) is 0 Å². The Bertz CT molecular complexity index is 278. The van der Waals surface area contributed by atoms with Crippen molar-refractivity contribution in [1.29, 1.82) is 0 Å². The van der Waals surface area contributed by atoms with Crippen LogP contribution in [0.1, 0.15) is 31.9 Å². The SMILES string of the molecule is CCCOC(CNCC)c1ccc(F)cc1. The third-order valence-electron chi connectivity index (χ3n) is 2.34. The third kappa shape index (κ3) is 4.29. The van der Waals surface area contributed by atoms with E-state index in [-0.39, 0.29) is 11.9 Å². The Labute approximate surface area is 96.8 Å². The summed E-state index contributed by atoms with van der Waals surface area (Å²) in [6.07, 6.45) is 1.00. The molecule has 0 saturated heterocycles. The molecule has 1 aromatic rings. The molecule has 0 spiro atoms. The topological polar surface area (TPSA) is 21.3 Å². The lowest BCUT2D eigenvalue weighted by molar-refractivity contribution is 0.0533. The van der Waals surface area contributed by atoms with Crippen LogP contribution in [0.2, 0.25) is 0 Å². The van der Waals surface area contributed by atoms with Crippen molar-refractivity contribution in [2.75, 3.05) is 19.7 Å². The molecule has 16 heavy (non-hydrogen) atoms. The van der Waals surface area contributed by atoms with Crippen LogP contribution in [0.15, 0.2) is 24.3 Å². The van der Waals surface area contributed by atoms with Gasteiger partial charge in [-0.15, -0.1) is 0 Å². The zero-order valence-corrected chi connectivity index (χ0v) is 10.0. The summed E-state index contributed by atoms with van der Waals surface area (Å²) >= 11 is 0. The van der Waals surface area contributed by atoms with Gasteiger partial charge in [-0.25, -0.2) is 4.39 Å². The summed E-state index contributed by atoms with van der Waals surface area (Å²) in [6, 6.07) is 6.52. The second-order valence-electron chi connectivity index (χ2n) is 3.72. The highest BCUT2D eigenvalue weighted by Crippen LogP contribution is 2.17. The van der Waals surface area contributed by atoms with E-state index in [2.05, 4.69) is 19.2 Å². The average Bonchev–Trinajstić information content (AvgIpc) is 2.31. The van der Waals surface area contributed by atoms with E-state index in [1.807, 2.05) is 0 Å². The first-order valence-electron chi connectivity index (χ1n) is 5.85. The number of benzene rings is 1. The van der Waals surface area contributed by atoms with E-state index in [1.165, 1.54) is 12.1 Å². The molecule has 0 aromatic heterocycles. The number of hydrogen-bond donors (Lipinski definition) is 1. The molecule has 1 N–H and O–H groups in total. The molecule has 1 aromatic carbocycles. The fourth-order valence-corrected chi connectivity index (χ4v) is 1.49. The molecule has 3 heteroatoms. The Balaban J connectivity index is 2.62. The Morgan fingerprint density at radius 1 is 1.25 bits per heavy atom. The first-order valence-corrected chi connectivity index (χ1v) is 5.85. The molecule has 0 amide bonds. The van der Waals surface area contributed by atoms with E-state index >= 15 is 0 Å². The van der Waals surface area contributed by atoms with Gasteiger partial charge >= 0.3 is 0 Å². The van der Waals surface area contributed by atoms with E-state index in [0.29, 0.717) is 0 Å². The van der Waals surface area contributed by atoms with Crippen LogP contribution < -0.4 is 5.32 Å². The Morgan fingerprint density at radius 3 is 2.50 bits per heavy atom. The summed E-state index contributed by atoms with van der Waals surface area (Å²) in [7, 11) is 0. The van der Waals surface area contributed by atoms with Crippen LogP contribution in [0.5, 0.6) is 0 Å². The van der Waals surface area contributed by atoms with Crippen LogP contribution in [0.3, 0.4) is 0 Å². The maximum Gasteiger partial charge on any atom is 0.123 e. The van der Waals surface area contributed by atoms with Crippen LogP contribution in [0.25, 0.3) is 0 Å². The van der Waals surface area contributed by atoms with E-state index in [9.17, 15) is 4.39 Å². The van der Waals surface area contributed by atoms with Gasteiger partial charge in [-0.1, -0.05) is 26.0 Å². The van der Waals surface area contributed by atoms with E-state index in [4.69, 9.17) is 4.74 Å². The predicted molar refractivity (Wildman–Crippen MR) is 63.9 cm³/mol. The molecule has 1 unspecified atom stereocenters. The van der Waals surface area contributed by atoms with Gasteiger partial charge in [-0.3, -0.25) is 0 Å². The highest BCUT2D eigenvalue weighted by molar-refractivity contribution is 5.19. The number of rotatable bonds is 7. The predicted octanol–water partition coefficient (Wildman–Crippen LogP) is 2.90. The minimum Gasteiger partial charge on any atom is -0.372 e. The molecule has 2 nitrogen and oxygen atoms in total. The highest BCUT2D eigenvalue weighted by atomic mass is 19.1. The molecule has 0 aliphatic carbocycles. The molecule has 0 saturated carbocycles. The molecule has 1 atom stereocenters. The lowest BCUT2D eigenvalue weighted by atomic mass is 10.1. The van der Waals surface area contributed by atoms with Crippen LogP contribution in [0.4, 0.5) is 4.39 Å². The van der Waals surface area contributed by atoms with Gasteiger partial charge in [0, 0.05) is 13.2 Å². The van der Waals surface area contributed by atoms with E-state index < -0.39 is 0 Å². The molecule has 90 valence electrons. The molecular weight excluding hydrogens is 205 g/mol. The Morgan fingerprint density at radius 2 is 1.94 bits per heavy atom. The second kappa shape index (κ2) is 7.36. The summed E-state index contributed by atoms with van der Waals surface area (Å²) in [5, 5.41) is 3.25. The Kier molecular flexibility index (Phi) is 6.04. The maximum atomic E-state index is 12.8. The van der Waals surface area contributed by atoms with Crippen molar-refractivity contribution in [3.05, 3.63) is 35.6 Å². The first-order chi connectivity index (χ1) is 7.77. The fourth-order valence-electron chi connectivity index (χ4n) is 1.49. The third-order valence-corrected chi connectivity index (χ3v) is 2.34. The molecule has 0 aliphatic heterocycles. The molecule has 0 radical (unpaired) electrons. The number of halogens is 1. The van der Waals surface area contributed by atoms with Crippen LogP contribution >= 0.6 is 0 Å². The van der Waals surface area contributed by atoms with Crippen LogP contribution in [-0.2, 0) is 4.74 Å². The molecular formula is C13H20FNO. The quantitative estimate of drug-likeness (QED) is 0.770. The number of nitrogens with one attached hydrogen (secondary N) is 1. The van der Waals surface area contributed by atoms with Gasteiger partial charge in [0.1, 0.15) is 5.82 Å². The van der Waals surface area contributed by atoms with Gasteiger partial charge in [-0.2, -0.15) is 0 Å². The molecule has 1 rings (SSSR count). The van der Waals surface area contributed by atoms with Gasteiger partial charge in [0.15, 0.2) is 0 Å². The lowest BCUT2D eigenvalue weighted by Gasteiger charge is -2.18. The van der Waals surface area contributed by atoms with Gasteiger partial charge in [0.25, 0.3) is 0 Å². The van der Waals surface area contributed by atoms with Gasteiger partial charge in [0.2, 0.25) is 0 Å². The first kappa shape index (κ1) is 13.1. The van der Waals surface area contributed by atoms with Crippen molar-refractivity contribution in [3.8, 4) is 0 Å². The summed E-state index contributed by atoms with van der Waals surface area (Å²) in [4.78, 5) is 0. The summed E-state index contributed by atoms with van der Waals surface area (Å²) in [5.74, 6) is -0.207. The zero-order valence-electron chi connectivity index (χ0n) is 10.0. The van der Waals surface area contributed by atoms with Gasteiger partial charge in [-0.05, 0) is 30.7 Å². The minimum atomic E-state index is -0.207. The summed E-state index contributed by atoms with van der Waals surface area (Å²) < 4.78 is 18.5. The van der Waals surface area contributed by atoms with Crippen molar-refractivity contribution >= 4 is 0 Å². The second-order valence-corrected chi connectivity index (χ2v) is 3.72. The number of hydrogen-bond acceptors (Lipinski definition) is 2. The lowest BCUT2D eigenvalue weighted by Crippen LogP contribution is -2.23. The molecule has 0 fully saturated rings. The molecule has 0 bridgehead atoms. The smallest absolute Gasteiger partial charge is 0.123 e. The standard InChI is InChI=1S/C13H20FNO/c1-3-9-16-13(10-15-4-2)11-5-7-12(14)8-6-11/h5-8,13,15H,3-4,9-10H2,1-2H3. The van der Waals surface area contributed by atoms with Crippen LogP contribution in [0, 0.1) is 5.82 Å². The number of likely N-dealkylation sites (N-methyl/N-ethyl adjacent to an activating group) is 1. The van der Waals surface area contributed by atoms with Crippen molar-refractivity contribution < 1.29 is 9.13 Å². The number of ether oxygens (including phenoxy) is 1. The molecule has 0 heterocycles. The molecule has 0 aliphatic rings. The monoisotopic (exact) mass is 225 g/mol. The average molecular weight is 225 g/mol. The maximum absolute atomic E-state index is 12.8. The highest BCUT2D eigenvalue weighted by Gasteiger charge is 2.10.